The van der Waals surface area contributed by atoms with E-state index in [0.717, 1.165) is 0 Å². The molecule has 0 spiro atoms. The second-order valence-electron chi connectivity index (χ2n) is 6.09. The van der Waals surface area contributed by atoms with Gasteiger partial charge in [-0.1, -0.05) is 11.8 Å². The second-order valence-corrected chi connectivity index (χ2v) is 9.35. The van der Waals surface area contributed by atoms with Crippen molar-refractivity contribution in [3.8, 4) is 24.7 Å². The van der Waals surface area contributed by atoms with Crippen LogP contribution in [-0.2, 0) is 13.9 Å². The molecule has 0 atom stereocenters. The van der Waals surface area contributed by atoms with Crippen LogP contribution in [0.15, 0.2) is 0 Å². The van der Waals surface area contributed by atoms with Gasteiger partial charge in [0.25, 0.3) is 0 Å². The Kier molecular flexibility index (Phi) is 6.12. The molecular weight excluding hydrogens is 244 g/mol. The van der Waals surface area contributed by atoms with Crippen LogP contribution in [0.3, 0.4) is 0 Å². The standard InChI is InChI=1S/C14H24O3Si/c1-9-13(3,4)11-15-17-18(7,8)16-12-14(5,6)10-2/h1-2H,11-12H2,3-8H3. The zero-order valence-electron chi connectivity index (χ0n) is 12.3. The third-order valence-electron chi connectivity index (χ3n) is 2.24. The molecule has 18 heavy (non-hydrogen) atoms. The van der Waals surface area contributed by atoms with Crippen molar-refractivity contribution in [2.75, 3.05) is 13.2 Å². The lowest BCUT2D eigenvalue weighted by atomic mass is 9.97. The van der Waals surface area contributed by atoms with E-state index in [1.54, 1.807) is 0 Å². The summed E-state index contributed by atoms with van der Waals surface area (Å²) in [5.74, 6) is 5.31. The van der Waals surface area contributed by atoms with Crippen molar-refractivity contribution in [2.24, 2.45) is 10.8 Å². The molecule has 0 aliphatic heterocycles. The maximum Gasteiger partial charge on any atom is 0.369 e. The molecule has 0 aromatic carbocycles. The Morgan fingerprint density at radius 2 is 1.39 bits per heavy atom. The van der Waals surface area contributed by atoms with Gasteiger partial charge in [0, 0.05) is 5.41 Å². The zero-order chi connectivity index (χ0) is 14.4. The van der Waals surface area contributed by atoms with Crippen LogP contribution in [0.25, 0.3) is 0 Å². The van der Waals surface area contributed by atoms with Crippen LogP contribution in [-0.4, -0.2) is 21.8 Å². The summed E-state index contributed by atoms with van der Waals surface area (Å²) in [7, 11) is -2.33. The van der Waals surface area contributed by atoms with E-state index >= 15 is 0 Å². The summed E-state index contributed by atoms with van der Waals surface area (Å²) in [6.45, 7) is 12.3. The van der Waals surface area contributed by atoms with Crippen LogP contribution >= 0.6 is 0 Å². The average molecular weight is 268 g/mol. The van der Waals surface area contributed by atoms with Gasteiger partial charge in [-0.3, -0.25) is 4.58 Å². The molecule has 0 aromatic rings. The van der Waals surface area contributed by atoms with Crippen LogP contribution in [0.5, 0.6) is 0 Å². The SMILES string of the molecule is C#CC(C)(C)COO[Si](C)(C)OCC(C)(C)C#C. The molecule has 102 valence electrons. The van der Waals surface area contributed by atoms with Gasteiger partial charge in [0.05, 0.1) is 18.6 Å². The van der Waals surface area contributed by atoms with Gasteiger partial charge in [-0.2, -0.15) is 0 Å². The normalized spacial score (nSPS) is 12.9. The molecule has 0 saturated carbocycles. The van der Waals surface area contributed by atoms with Gasteiger partial charge < -0.3 is 4.43 Å². The Labute approximate surface area is 112 Å². The lowest BCUT2D eigenvalue weighted by molar-refractivity contribution is -0.244. The Morgan fingerprint density at radius 1 is 0.944 bits per heavy atom. The number of rotatable bonds is 7. The molecule has 4 heteroatoms. The summed E-state index contributed by atoms with van der Waals surface area (Å²) in [6, 6.07) is 0. The monoisotopic (exact) mass is 268 g/mol. The maximum absolute atomic E-state index is 5.73. The first-order valence-electron chi connectivity index (χ1n) is 5.94. The van der Waals surface area contributed by atoms with Gasteiger partial charge in [-0.25, -0.2) is 4.89 Å². The number of terminal acetylenes is 2. The first-order valence-corrected chi connectivity index (χ1v) is 8.75. The molecule has 0 rings (SSSR count). The molecule has 0 heterocycles. The molecule has 0 radical (unpaired) electrons. The summed E-state index contributed by atoms with van der Waals surface area (Å²) < 4.78 is 11.1. The van der Waals surface area contributed by atoms with E-state index in [9.17, 15) is 0 Å². The molecule has 0 unspecified atom stereocenters. The average Bonchev–Trinajstić information content (AvgIpc) is 2.26. The van der Waals surface area contributed by atoms with Crippen molar-refractivity contribution in [1.29, 1.82) is 0 Å². The van der Waals surface area contributed by atoms with Crippen LogP contribution in [0.1, 0.15) is 27.7 Å². The van der Waals surface area contributed by atoms with Crippen molar-refractivity contribution >= 4 is 8.56 Å². The Morgan fingerprint density at radius 3 is 1.83 bits per heavy atom. The van der Waals surface area contributed by atoms with Crippen LogP contribution in [0, 0.1) is 35.5 Å². The van der Waals surface area contributed by atoms with Gasteiger partial charge in [0.15, 0.2) is 0 Å². The fourth-order valence-corrected chi connectivity index (χ4v) is 1.88. The van der Waals surface area contributed by atoms with Crippen molar-refractivity contribution < 1.29 is 13.9 Å². The third kappa shape index (κ3) is 7.52. The number of hydrogen-bond donors (Lipinski definition) is 0. The fraction of sp³-hybridized carbons (Fsp3) is 0.714. The minimum atomic E-state index is -2.33. The van der Waals surface area contributed by atoms with Crippen LogP contribution < -0.4 is 0 Å². The molecular formula is C14H24O3Si. The highest BCUT2D eigenvalue weighted by molar-refractivity contribution is 6.64. The Balaban J connectivity index is 4.11. The number of hydrogen-bond acceptors (Lipinski definition) is 3. The van der Waals surface area contributed by atoms with E-state index < -0.39 is 8.56 Å². The lowest BCUT2D eigenvalue weighted by Gasteiger charge is -2.27. The van der Waals surface area contributed by atoms with E-state index in [-0.39, 0.29) is 10.8 Å². The molecule has 0 fully saturated rings. The highest BCUT2D eigenvalue weighted by Crippen LogP contribution is 2.19. The first-order chi connectivity index (χ1) is 8.04. The zero-order valence-corrected chi connectivity index (χ0v) is 13.3. The first kappa shape index (κ1) is 17.2. The van der Waals surface area contributed by atoms with Gasteiger partial charge in [0.1, 0.15) is 0 Å². The summed E-state index contributed by atoms with van der Waals surface area (Å²) >= 11 is 0. The van der Waals surface area contributed by atoms with Crippen molar-refractivity contribution in [1.82, 2.24) is 0 Å². The van der Waals surface area contributed by atoms with Gasteiger partial charge in [0.2, 0.25) is 0 Å². The summed E-state index contributed by atoms with van der Waals surface area (Å²) in [5.41, 5.74) is -0.645. The molecule has 0 saturated heterocycles. The van der Waals surface area contributed by atoms with E-state index in [1.165, 1.54) is 0 Å². The minimum Gasteiger partial charge on any atom is -0.391 e. The molecule has 0 aliphatic carbocycles. The molecule has 0 N–H and O–H groups in total. The van der Waals surface area contributed by atoms with Gasteiger partial charge >= 0.3 is 8.56 Å². The van der Waals surface area contributed by atoms with Crippen LogP contribution in [0.2, 0.25) is 13.1 Å². The predicted octanol–water partition coefficient (Wildman–Crippen LogP) is 2.97. The van der Waals surface area contributed by atoms with E-state index in [2.05, 4.69) is 11.8 Å². The largest absolute Gasteiger partial charge is 0.391 e. The molecule has 3 nitrogen and oxygen atoms in total. The van der Waals surface area contributed by atoms with Crippen LogP contribution in [0.4, 0.5) is 0 Å². The maximum atomic E-state index is 5.73. The van der Waals surface area contributed by atoms with E-state index in [1.807, 2.05) is 40.8 Å². The minimum absolute atomic E-state index is 0.300. The smallest absolute Gasteiger partial charge is 0.369 e. The summed E-state index contributed by atoms with van der Waals surface area (Å²) in [4.78, 5) is 5.20. The Bertz CT molecular complexity index is 345. The van der Waals surface area contributed by atoms with Crippen molar-refractivity contribution in [3.63, 3.8) is 0 Å². The third-order valence-corrected chi connectivity index (χ3v) is 3.60. The lowest BCUT2D eigenvalue weighted by Crippen LogP contribution is -2.39. The topological polar surface area (TPSA) is 27.7 Å². The van der Waals surface area contributed by atoms with E-state index in [4.69, 9.17) is 26.7 Å². The molecule has 0 aliphatic rings. The van der Waals surface area contributed by atoms with E-state index in [0.29, 0.717) is 13.2 Å². The van der Waals surface area contributed by atoms with Gasteiger partial charge in [-0.15, -0.1) is 12.8 Å². The van der Waals surface area contributed by atoms with Crippen molar-refractivity contribution in [2.45, 2.75) is 40.8 Å². The fourth-order valence-electron chi connectivity index (χ4n) is 0.780. The highest BCUT2D eigenvalue weighted by atomic mass is 28.4. The predicted molar refractivity (Wildman–Crippen MR) is 75.7 cm³/mol. The quantitative estimate of drug-likeness (QED) is 0.307. The highest BCUT2D eigenvalue weighted by Gasteiger charge is 2.30. The van der Waals surface area contributed by atoms with Gasteiger partial charge in [-0.05, 0) is 40.8 Å². The van der Waals surface area contributed by atoms with Crippen molar-refractivity contribution in [3.05, 3.63) is 0 Å². The molecule has 0 bridgehead atoms. The summed E-state index contributed by atoms with van der Waals surface area (Å²) in [5, 5.41) is 0. The second kappa shape index (κ2) is 6.40. The molecule has 0 amide bonds. The summed E-state index contributed by atoms with van der Waals surface area (Å²) in [6.07, 6.45) is 10.8. The Hall–Kier alpha value is -0.783. The molecule has 0 aromatic heterocycles.